The minimum atomic E-state index is 0.350. The fraction of sp³-hybridized carbons (Fsp3) is 0.500. The lowest BCUT2D eigenvalue weighted by Gasteiger charge is -2.09. The van der Waals surface area contributed by atoms with Crippen LogP contribution >= 0.6 is 0 Å². The summed E-state index contributed by atoms with van der Waals surface area (Å²) in [7, 11) is 0. The lowest BCUT2D eigenvalue weighted by molar-refractivity contribution is 0.128. The molecule has 0 aliphatic carbocycles. The van der Waals surface area contributed by atoms with Gasteiger partial charge in [-0.3, -0.25) is 0 Å². The SMILES string of the molecule is CCOCc1nc(NN)cc(-n2nc(CC)cc2CC)n1. The van der Waals surface area contributed by atoms with Crippen LogP contribution in [0.2, 0.25) is 0 Å². The summed E-state index contributed by atoms with van der Waals surface area (Å²) in [5.74, 6) is 7.31. The van der Waals surface area contributed by atoms with Crippen molar-refractivity contribution in [1.29, 1.82) is 0 Å². The first-order chi connectivity index (χ1) is 10.2. The van der Waals surface area contributed by atoms with Gasteiger partial charge in [-0.2, -0.15) is 5.10 Å². The van der Waals surface area contributed by atoms with Crippen molar-refractivity contribution in [3.63, 3.8) is 0 Å². The molecule has 0 aliphatic rings. The highest BCUT2D eigenvalue weighted by atomic mass is 16.5. The molecule has 0 atom stereocenters. The molecule has 0 fully saturated rings. The Bertz CT molecular complexity index is 595. The van der Waals surface area contributed by atoms with E-state index in [4.69, 9.17) is 10.6 Å². The second-order valence-electron chi connectivity index (χ2n) is 4.56. The third kappa shape index (κ3) is 3.56. The summed E-state index contributed by atoms with van der Waals surface area (Å²) in [6, 6.07) is 3.88. The molecule has 7 nitrogen and oxygen atoms in total. The van der Waals surface area contributed by atoms with Crippen LogP contribution in [0.5, 0.6) is 0 Å². The molecule has 2 aromatic heterocycles. The van der Waals surface area contributed by atoms with Crippen molar-refractivity contribution in [1.82, 2.24) is 19.7 Å². The molecule has 0 bridgehead atoms. The van der Waals surface area contributed by atoms with Crippen LogP contribution in [-0.2, 0) is 24.2 Å². The second kappa shape index (κ2) is 7.14. The predicted octanol–water partition coefficient (Wildman–Crippen LogP) is 1.61. The molecule has 21 heavy (non-hydrogen) atoms. The molecule has 0 aromatic carbocycles. The third-order valence-electron chi connectivity index (χ3n) is 3.12. The van der Waals surface area contributed by atoms with Gasteiger partial charge < -0.3 is 10.2 Å². The van der Waals surface area contributed by atoms with Crippen LogP contribution < -0.4 is 11.3 Å². The minimum Gasteiger partial charge on any atom is -0.374 e. The van der Waals surface area contributed by atoms with Crippen LogP contribution in [0, 0.1) is 0 Å². The summed E-state index contributed by atoms with van der Waals surface area (Å²) >= 11 is 0. The van der Waals surface area contributed by atoms with Gasteiger partial charge in [0, 0.05) is 18.4 Å². The Morgan fingerprint density at radius 2 is 2.00 bits per heavy atom. The van der Waals surface area contributed by atoms with Gasteiger partial charge in [-0.25, -0.2) is 20.5 Å². The first kappa shape index (κ1) is 15.4. The molecule has 2 heterocycles. The number of nitrogens with one attached hydrogen (secondary N) is 1. The van der Waals surface area contributed by atoms with E-state index in [1.165, 1.54) is 0 Å². The van der Waals surface area contributed by atoms with E-state index in [1.54, 1.807) is 6.07 Å². The topological polar surface area (TPSA) is 90.9 Å². The van der Waals surface area contributed by atoms with Crippen LogP contribution in [0.3, 0.4) is 0 Å². The Morgan fingerprint density at radius 1 is 1.19 bits per heavy atom. The lowest BCUT2D eigenvalue weighted by atomic mass is 10.2. The highest BCUT2D eigenvalue weighted by molar-refractivity contribution is 5.41. The van der Waals surface area contributed by atoms with Crippen LogP contribution in [0.1, 0.15) is 38.0 Å². The van der Waals surface area contributed by atoms with Crippen LogP contribution in [-0.4, -0.2) is 26.4 Å². The monoisotopic (exact) mass is 290 g/mol. The lowest BCUT2D eigenvalue weighted by Crippen LogP contribution is -2.14. The van der Waals surface area contributed by atoms with Gasteiger partial charge in [-0.15, -0.1) is 0 Å². The number of nitrogens with zero attached hydrogens (tertiary/aromatic N) is 4. The summed E-state index contributed by atoms with van der Waals surface area (Å²) in [6.07, 6.45) is 1.77. The van der Waals surface area contributed by atoms with Gasteiger partial charge >= 0.3 is 0 Å². The molecule has 2 aromatic rings. The number of hydrogen-bond donors (Lipinski definition) is 2. The number of nitrogen functional groups attached to an aromatic ring is 1. The normalized spacial score (nSPS) is 10.9. The zero-order valence-corrected chi connectivity index (χ0v) is 12.8. The van der Waals surface area contributed by atoms with E-state index in [0.717, 1.165) is 24.2 Å². The summed E-state index contributed by atoms with van der Waals surface area (Å²) in [5.41, 5.74) is 4.71. The number of hydrazine groups is 1. The van der Waals surface area contributed by atoms with Gasteiger partial charge in [0.1, 0.15) is 12.4 Å². The number of ether oxygens (including phenoxy) is 1. The van der Waals surface area contributed by atoms with Crippen molar-refractivity contribution in [3.8, 4) is 5.82 Å². The number of hydrogen-bond acceptors (Lipinski definition) is 6. The molecule has 0 amide bonds. The molecule has 0 radical (unpaired) electrons. The zero-order valence-electron chi connectivity index (χ0n) is 12.8. The largest absolute Gasteiger partial charge is 0.374 e. The maximum atomic E-state index is 5.49. The number of nitrogens with two attached hydrogens (primary N) is 1. The fourth-order valence-corrected chi connectivity index (χ4v) is 2.02. The molecule has 0 aliphatic heterocycles. The number of aryl methyl sites for hydroxylation is 2. The summed E-state index contributed by atoms with van der Waals surface area (Å²) in [6.45, 7) is 7.07. The van der Waals surface area contributed by atoms with Gasteiger partial charge in [0.15, 0.2) is 11.6 Å². The van der Waals surface area contributed by atoms with Crippen molar-refractivity contribution < 1.29 is 4.74 Å². The number of anilines is 1. The van der Waals surface area contributed by atoms with Crippen LogP contribution in [0.4, 0.5) is 5.82 Å². The van der Waals surface area contributed by atoms with Gasteiger partial charge in [0.2, 0.25) is 0 Å². The molecule has 0 spiro atoms. The highest BCUT2D eigenvalue weighted by Crippen LogP contribution is 2.15. The Morgan fingerprint density at radius 3 is 2.62 bits per heavy atom. The minimum absolute atomic E-state index is 0.350. The van der Waals surface area contributed by atoms with Crippen molar-refractivity contribution in [2.75, 3.05) is 12.0 Å². The van der Waals surface area contributed by atoms with Gasteiger partial charge in [-0.05, 0) is 25.8 Å². The van der Waals surface area contributed by atoms with E-state index in [0.29, 0.717) is 30.7 Å². The van der Waals surface area contributed by atoms with E-state index in [-0.39, 0.29) is 0 Å². The van der Waals surface area contributed by atoms with Gasteiger partial charge in [-0.1, -0.05) is 13.8 Å². The first-order valence-corrected chi connectivity index (χ1v) is 7.22. The molecule has 114 valence electrons. The fourth-order valence-electron chi connectivity index (χ4n) is 2.02. The molecule has 2 rings (SSSR count). The Kier molecular flexibility index (Phi) is 5.24. The molecule has 0 saturated heterocycles. The quantitative estimate of drug-likeness (QED) is 0.594. The van der Waals surface area contributed by atoms with Crippen LogP contribution in [0.15, 0.2) is 12.1 Å². The van der Waals surface area contributed by atoms with E-state index in [9.17, 15) is 0 Å². The third-order valence-corrected chi connectivity index (χ3v) is 3.12. The summed E-state index contributed by atoms with van der Waals surface area (Å²) in [4.78, 5) is 8.80. The molecular formula is C14H22N6O. The van der Waals surface area contributed by atoms with E-state index >= 15 is 0 Å². The van der Waals surface area contributed by atoms with Gasteiger partial charge in [0.25, 0.3) is 0 Å². The maximum Gasteiger partial charge on any atom is 0.159 e. The maximum absolute atomic E-state index is 5.49. The molecule has 0 unspecified atom stereocenters. The van der Waals surface area contributed by atoms with Crippen molar-refractivity contribution >= 4 is 5.82 Å². The average Bonchev–Trinajstić information content (AvgIpc) is 2.96. The Labute approximate surface area is 124 Å². The molecule has 3 N–H and O–H groups in total. The Balaban J connectivity index is 2.44. The van der Waals surface area contributed by atoms with E-state index in [2.05, 4.69) is 40.4 Å². The predicted molar refractivity (Wildman–Crippen MR) is 81.1 cm³/mol. The smallest absolute Gasteiger partial charge is 0.159 e. The molecule has 0 saturated carbocycles. The van der Waals surface area contributed by atoms with E-state index < -0.39 is 0 Å². The summed E-state index contributed by atoms with van der Waals surface area (Å²) in [5, 5.41) is 4.58. The second-order valence-corrected chi connectivity index (χ2v) is 4.56. The van der Waals surface area contributed by atoms with Crippen molar-refractivity contribution in [2.24, 2.45) is 5.84 Å². The van der Waals surface area contributed by atoms with Crippen LogP contribution in [0.25, 0.3) is 5.82 Å². The first-order valence-electron chi connectivity index (χ1n) is 7.22. The van der Waals surface area contributed by atoms with Crippen molar-refractivity contribution in [2.45, 2.75) is 40.2 Å². The molecule has 7 heteroatoms. The summed E-state index contributed by atoms with van der Waals surface area (Å²) < 4.78 is 7.21. The number of rotatable bonds is 7. The highest BCUT2D eigenvalue weighted by Gasteiger charge is 2.11. The standard InChI is InChI=1S/C14H22N6O/c1-4-10-7-11(5-2)20(19-10)14-8-12(18-15)16-13(17-14)9-21-6-3/h7-8H,4-6,9,15H2,1-3H3,(H,16,17,18). The Hall–Kier alpha value is -1.99. The molecular weight excluding hydrogens is 268 g/mol. The van der Waals surface area contributed by atoms with E-state index in [1.807, 2.05) is 11.6 Å². The zero-order chi connectivity index (χ0) is 15.2. The average molecular weight is 290 g/mol. The number of aromatic nitrogens is 4. The van der Waals surface area contributed by atoms with Crippen molar-refractivity contribution in [3.05, 3.63) is 29.3 Å². The van der Waals surface area contributed by atoms with Gasteiger partial charge in [0.05, 0.1) is 5.69 Å².